The summed E-state index contributed by atoms with van der Waals surface area (Å²) in [5.41, 5.74) is 1.17. The van der Waals surface area contributed by atoms with Gasteiger partial charge in [-0.1, -0.05) is 17.4 Å². The van der Waals surface area contributed by atoms with Crippen molar-refractivity contribution in [1.29, 1.82) is 0 Å². The molecule has 0 aliphatic rings. The first-order chi connectivity index (χ1) is 11.1. The van der Waals surface area contributed by atoms with Crippen LogP contribution in [0.1, 0.15) is 1.43 Å². The summed E-state index contributed by atoms with van der Waals surface area (Å²) >= 11 is 1.11. The Hall–Kier alpha value is -1.58. The molecule has 9 heteroatoms. The van der Waals surface area contributed by atoms with Crippen molar-refractivity contribution >= 4 is 43.3 Å². The molecule has 24 heavy (non-hydrogen) atoms. The Morgan fingerprint density at radius 2 is 1.75 bits per heavy atom. The number of pyridine rings is 2. The van der Waals surface area contributed by atoms with Gasteiger partial charge < -0.3 is 5.61 Å². The largest absolute Gasteiger partial charge is 1.00 e. The monoisotopic (exact) mass is 367 g/mol. The molecule has 0 unspecified atom stereocenters. The number of hydrogen-bond acceptors (Lipinski definition) is 7. The van der Waals surface area contributed by atoms with Crippen LogP contribution < -0.4 is 33.7 Å². The molecule has 4 aromatic rings. The minimum absolute atomic E-state index is 0. The first-order valence-corrected chi connectivity index (χ1v) is 8.90. The second kappa shape index (κ2) is 6.73. The number of benzene rings is 1. The van der Waals surface area contributed by atoms with Gasteiger partial charge in [0.1, 0.15) is 4.90 Å². The summed E-state index contributed by atoms with van der Waals surface area (Å²) in [5.74, 6) is 0. The van der Waals surface area contributed by atoms with Crippen molar-refractivity contribution < 1.29 is 43.6 Å². The van der Waals surface area contributed by atoms with Crippen LogP contribution in [0.3, 0.4) is 0 Å². The summed E-state index contributed by atoms with van der Waals surface area (Å²) in [5, 5.41) is 2.87. The third-order valence-electron chi connectivity index (χ3n) is 3.28. The van der Waals surface area contributed by atoms with Crippen molar-refractivity contribution in [3.63, 3.8) is 0 Å². The summed E-state index contributed by atoms with van der Waals surface area (Å²) in [7, 11) is -4.02. The SMILES string of the molecule is O=S(=O)(Oc1nccs1)c1cc2cccnc2c2ncccc12.[H-].[Na+]. The van der Waals surface area contributed by atoms with Crippen LogP contribution in [0.25, 0.3) is 21.8 Å². The zero-order valence-electron chi connectivity index (χ0n) is 13.6. The Kier molecular flexibility index (Phi) is 4.84. The van der Waals surface area contributed by atoms with Gasteiger partial charge in [-0.3, -0.25) is 9.97 Å². The van der Waals surface area contributed by atoms with Gasteiger partial charge in [-0.2, -0.15) is 8.42 Å². The molecule has 0 atom stereocenters. The van der Waals surface area contributed by atoms with Crippen molar-refractivity contribution in [1.82, 2.24) is 15.0 Å². The van der Waals surface area contributed by atoms with E-state index >= 15 is 0 Å². The van der Waals surface area contributed by atoms with Gasteiger partial charge in [0.25, 0.3) is 5.19 Å². The van der Waals surface area contributed by atoms with Gasteiger partial charge in [0, 0.05) is 34.7 Å². The molecule has 0 N–H and O–H groups in total. The molecule has 4 rings (SSSR count). The molecule has 0 fully saturated rings. The topological polar surface area (TPSA) is 82.0 Å². The van der Waals surface area contributed by atoms with Crippen molar-refractivity contribution in [2.24, 2.45) is 0 Å². The summed E-state index contributed by atoms with van der Waals surface area (Å²) in [6.45, 7) is 0. The summed E-state index contributed by atoms with van der Waals surface area (Å²) in [6, 6.07) is 8.46. The van der Waals surface area contributed by atoms with Crippen LogP contribution in [0, 0.1) is 0 Å². The molecule has 0 saturated heterocycles. The standard InChI is InChI=1S/C15H9N3O3S2.Na.H/c19-23(20,21-15-18-7-8-22-15)12-9-10-3-1-5-16-13(10)14-11(12)4-2-6-17-14;;/h1-9H;;/q;+1;-1. The van der Waals surface area contributed by atoms with Gasteiger partial charge >= 0.3 is 39.7 Å². The van der Waals surface area contributed by atoms with E-state index in [0.717, 1.165) is 11.3 Å². The molecule has 0 bridgehead atoms. The van der Waals surface area contributed by atoms with E-state index in [2.05, 4.69) is 15.0 Å². The van der Waals surface area contributed by atoms with Gasteiger partial charge in [-0.05, 0) is 24.3 Å². The Morgan fingerprint density at radius 3 is 2.50 bits per heavy atom. The average molecular weight is 367 g/mol. The number of nitrogens with zero attached hydrogens (tertiary/aromatic N) is 3. The quantitative estimate of drug-likeness (QED) is 0.291. The minimum atomic E-state index is -4.02. The summed E-state index contributed by atoms with van der Waals surface area (Å²) < 4.78 is 30.4. The van der Waals surface area contributed by atoms with Crippen LogP contribution in [0.2, 0.25) is 0 Å². The molecule has 6 nitrogen and oxygen atoms in total. The number of thiazole rings is 1. The van der Waals surface area contributed by atoms with Crippen molar-refractivity contribution in [2.45, 2.75) is 4.90 Å². The summed E-state index contributed by atoms with van der Waals surface area (Å²) in [6.07, 6.45) is 4.74. The first kappa shape index (κ1) is 17.2. The number of hydrogen-bond donors (Lipinski definition) is 0. The van der Waals surface area contributed by atoms with Gasteiger partial charge in [0.15, 0.2) is 0 Å². The van der Waals surface area contributed by atoms with Crippen LogP contribution in [-0.4, -0.2) is 23.4 Å². The van der Waals surface area contributed by atoms with E-state index in [4.69, 9.17) is 4.18 Å². The second-order valence-corrected chi connectivity index (χ2v) is 7.06. The van der Waals surface area contributed by atoms with Crippen LogP contribution in [-0.2, 0) is 10.1 Å². The molecular formula is C15H10N3NaO3S2. The molecule has 0 saturated carbocycles. The van der Waals surface area contributed by atoms with E-state index in [1.807, 2.05) is 0 Å². The van der Waals surface area contributed by atoms with Crippen LogP contribution in [0.5, 0.6) is 5.19 Å². The van der Waals surface area contributed by atoms with E-state index in [1.165, 1.54) is 6.20 Å². The van der Waals surface area contributed by atoms with E-state index in [-0.39, 0.29) is 41.1 Å². The molecule has 0 aliphatic carbocycles. The van der Waals surface area contributed by atoms with Gasteiger partial charge in [-0.15, -0.1) is 0 Å². The number of rotatable bonds is 3. The van der Waals surface area contributed by atoms with Crippen molar-refractivity contribution in [3.8, 4) is 5.19 Å². The van der Waals surface area contributed by atoms with Gasteiger partial charge in [-0.25, -0.2) is 4.98 Å². The molecule has 0 radical (unpaired) electrons. The molecule has 3 aromatic heterocycles. The van der Waals surface area contributed by atoms with Crippen molar-refractivity contribution in [2.75, 3.05) is 0 Å². The van der Waals surface area contributed by atoms with E-state index in [9.17, 15) is 8.42 Å². The Labute approximate surface area is 165 Å². The first-order valence-electron chi connectivity index (χ1n) is 6.61. The summed E-state index contributed by atoms with van der Waals surface area (Å²) in [4.78, 5) is 12.5. The van der Waals surface area contributed by atoms with Gasteiger partial charge in [0.2, 0.25) is 0 Å². The van der Waals surface area contributed by atoms with Gasteiger partial charge in [0.05, 0.1) is 11.0 Å². The van der Waals surface area contributed by atoms with Crippen molar-refractivity contribution in [3.05, 3.63) is 54.3 Å². The second-order valence-electron chi connectivity index (χ2n) is 4.68. The fourth-order valence-corrected chi connectivity index (χ4v) is 4.15. The van der Waals surface area contributed by atoms with E-state index < -0.39 is 10.1 Å². The fraction of sp³-hybridized carbons (Fsp3) is 0. The molecule has 0 amide bonds. The third-order valence-corrected chi connectivity index (χ3v) is 5.29. The average Bonchev–Trinajstić information content (AvgIpc) is 3.06. The third kappa shape index (κ3) is 3.03. The molecule has 0 spiro atoms. The Morgan fingerprint density at radius 1 is 1.00 bits per heavy atom. The van der Waals surface area contributed by atoms with Crippen LogP contribution >= 0.6 is 11.3 Å². The minimum Gasteiger partial charge on any atom is -1.00 e. The normalized spacial score (nSPS) is 11.3. The molecular weight excluding hydrogens is 357 g/mol. The maximum Gasteiger partial charge on any atom is 1.00 e. The van der Waals surface area contributed by atoms with Crippen LogP contribution in [0.4, 0.5) is 0 Å². The maximum atomic E-state index is 12.7. The maximum absolute atomic E-state index is 12.7. The Bertz CT molecular complexity index is 1120. The molecule has 116 valence electrons. The zero-order chi connectivity index (χ0) is 15.9. The Balaban J connectivity index is 0.00000113. The smallest absolute Gasteiger partial charge is 1.00 e. The number of aromatic nitrogens is 3. The fourth-order valence-electron chi connectivity index (χ4n) is 2.34. The zero-order valence-corrected chi connectivity index (χ0v) is 16.2. The number of fused-ring (bicyclic) bond motifs is 3. The molecule has 1 aromatic carbocycles. The predicted molar refractivity (Wildman–Crippen MR) is 88.1 cm³/mol. The van der Waals surface area contributed by atoms with Crippen LogP contribution in [0.15, 0.2) is 59.2 Å². The molecule has 3 heterocycles. The predicted octanol–water partition coefficient (Wildman–Crippen LogP) is 0.124. The van der Waals surface area contributed by atoms with E-state index in [1.54, 1.807) is 48.1 Å². The van der Waals surface area contributed by atoms with E-state index in [0.29, 0.717) is 21.8 Å². The molecule has 0 aliphatic heterocycles.